The highest BCUT2D eigenvalue weighted by Crippen LogP contribution is 2.31. The van der Waals surface area contributed by atoms with Gasteiger partial charge < -0.3 is 0 Å². The van der Waals surface area contributed by atoms with E-state index in [4.69, 9.17) is 0 Å². The molecule has 3 heteroatoms. The molecule has 0 aliphatic rings. The highest BCUT2D eigenvalue weighted by molar-refractivity contribution is 8.28. The molecule has 1 nitrogen and oxygen atoms in total. The minimum atomic E-state index is -1.18. The van der Waals surface area contributed by atoms with Crippen LogP contribution in [0.1, 0.15) is 5.56 Å². The second-order valence-electron chi connectivity index (χ2n) is 5.35. The van der Waals surface area contributed by atoms with Crippen molar-refractivity contribution in [2.45, 2.75) is 24.5 Å². The SMILES string of the molecule is C[Si](C)(C)Sc1ccccc1C=Nc1ccccc1. The lowest BCUT2D eigenvalue weighted by Crippen LogP contribution is -2.13. The first-order valence-electron chi connectivity index (χ1n) is 6.42. The number of benzene rings is 2. The van der Waals surface area contributed by atoms with Crippen LogP contribution in [0.25, 0.3) is 0 Å². The van der Waals surface area contributed by atoms with Crippen LogP contribution in [0.4, 0.5) is 5.69 Å². The predicted molar refractivity (Wildman–Crippen MR) is 89.3 cm³/mol. The predicted octanol–water partition coefficient (Wildman–Crippen LogP) is 5.36. The van der Waals surface area contributed by atoms with Gasteiger partial charge in [0, 0.05) is 16.7 Å². The van der Waals surface area contributed by atoms with Crippen LogP contribution in [-0.4, -0.2) is 13.4 Å². The second-order valence-corrected chi connectivity index (χ2v) is 14.5. The summed E-state index contributed by atoms with van der Waals surface area (Å²) >= 11 is 2.01. The van der Waals surface area contributed by atoms with Gasteiger partial charge in [0.05, 0.1) is 5.69 Å². The van der Waals surface area contributed by atoms with Crippen molar-refractivity contribution in [2.75, 3.05) is 0 Å². The average molecular weight is 285 g/mol. The Morgan fingerprint density at radius 2 is 1.53 bits per heavy atom. The van der Waals surface area contributed by atoms with Crippen molar-refractivity contribution >= 4 is 30.3 Å². The van der Waals surface area contributed by atoms with Crippen LogP contribution in [0.2, 0.25) is 19.6 Å². The topological polar surface area (TPSA) is 12.4 Å². The lowest BCUT2D eigenvalue weighted by molar-refractivity contribution is 1.42. The molecular formula is C16H19NSSi. The standard InChI is InChI=1S/C16H19NSSi/c1-19(2,3)18-16-12-8-7-9-14(16)13-17-15-10-5-4-6-11-15/h4-13H,1-3H3. The molecule has 0 aliphatic heterocycles. The van der Waals surface area contributed by atoms with Crippen LogP contribution in [0.15, 0.2) is 64.5 Å². The molecule has 0 unspecified atom stereocenters. The van der Waals surface area contributed by atoms with Gasteiger partial charge in [-0.05, 0) is 18.2 Å². The summed E-state index contributed by atoms with van der Waals surface area (Å²) in [6.07, 6.45) is 1.97. The highest BCUT2D eigenvalue weighted by Gasteiger charge is 2.16. The summed E-state index contributed by atoms with van der Waals surface area (Å²) in [7, 11) is -1.18. The van der Waals surface area contributed by atoms with Gasteiger partial charge in [0.15, 0.2) is 0 Å². The molecule has 98 valence electrons. The number of para-hydroxylation sites is 1. The Morgan fingerprint density at radius 3 is 2.21 bits per heavy atom. The van der Waals surface area contributed by atoms with Gasteiger partial charge in [0.25, 0.3) is 0 Å². The van der Waals surface area contributed by atoms with E-state index in [9.17, 15) is 0 Å². The molecule has 0 fully saturated rings. The van der Waals surface area contributed by atoms with Crippen molar-refractivity contribution in [1.29, 1.82) is 0 Å². The summed E-state index contributed by atoms with van der Waals surface area (Å²) < 4.78 is 0. The van der Waals surface area contributed by atoms with E-state index >= 15 is 0 Å². The Labute approximate surface area is 120 Å². The molecule has 2 aromatic carbocycles. The van der Waals surface area contributed by atoms with Crippen LogP contribution >= 0.6 is 11.2 Å². The Balaban J connectivity index is 2.23. The Hall–Kier alpha value is -1.32. The molecule has 19 heavy (non-hydrogen) atoms. The average Bonchev–Trinajstić information content (AvgIpc) is 2.37. The molecule has 0 bridgehead atoms. The molecular weight excluding hydrogens is 266 g/mol. The van der Waals surface area contributed by atoms with Gasteiger partial charge in [0.2, 0.25) is 0 Å². The zero-order valence-electron chi connectivity index (χ0n) is 11.6. The Kier molecular flexibility index (Phi) is 4.61. The van der Waals surface area contributed by atoms with Crippen molar-refractivity contribution in [2.24, 2.45) is 4.99 Å². The molecule has 0 N–H and O–H groups in total. The van der Waals surface area contributed by atoms with E-state index in [1.807, 2.05) is 47.8 Å². The Bertz CT molecular complexity index is 558. The number of nitrogens with zero attached hydrogens (tertiary/aromatic N) is 1. The van der Waals surface area contributed by atoms with Crippen LogP contribution in [0, 0.1) is 0 Å². The third-order valence-electron chi connectivity index (χ3n) is 2.44. The molecule has 0 amide bonds. The zero-order chi connectivity index (χ0) is 13.7. The van der Waals surface area contributed by atoms with Crippen molar-refractivity contribution in [3.8, 4) is 0 Å². The molecule has 0 aliphatic carbocycles. The van der Waals surface area contributed by atoms with E-state index in [1.165, 1.54) is 10.5 Å². The van der Waals surface area contributed by atoms with Gasteiger partial charge in [-0.3, -0.25) is 4.99 Å². The van der Waals surface area contributed by atoms with Crippen LogP contribution in [0.3, 0.4) is 0 Å². The summed E-state index contributed by atoms with van der Waals surface area (Å²) in [5, 5.41) is 0. The Morgan fingerprint density at radius 1 is 0.895 bits per heavy atom. The fraction of sp³-hybridized carbons (Fsp3) is 0.188. The lowest BCUT2D eigenvalue weighted by Gasteiger charge is -2.16. The van der Waals surface area contributed by atoms with Gasteiger partial charge >= 0.3 is 0 Å². The third-order valence-corrected chi connectivity index (χ3v) is 6.14. The first kappa shape index (κ1) is 14.1. The number of aliphatic imine (C=N–C) groups is 1. The van der Waals surface area contributed by atoms with Gasteiger partial charge in [-0.2, -0.15) is 11.2 Å². The molecule has 2 rings (SSSR count). The summed E-state index contributed by atoms with van der Waals surface area (Å²) in [5.41, 5.74) is 2.20. The maximum atomic E-state index is 4.54. The summed E-state index contributed by atoms with van der Waals surface area (Å²) in [6, 6.07) is 18.6. The van der Waals surface area contributed by atoms with E-state index in [1.54, 1.807) is 0 Å². The van der Waals surface area contributed by atoms with Crippen LogP contribution in [0.5, 0.6) is 0 Å². The van der Waals surface area contributed by atoms with E-state index in [2.05, 4.69) is 48.9 Å². The zero-order valence-corrected chi connectivity index (χ0v) is 13.4. The molecule has 0 atom stereocenters. The molecule has 0 radical (unpaired) electrons. The second kappa shape index (κ2) is 6.22. The van der Waals surface area contributed by atoms with Gasteiger partial charge in [0.1, 0.15) is 7.22 Å². The smallest absolute Gasteiger partial charge is 0.114 e. The van der Waals surface area contributed by atoms with Crippen molar-refractivity contribution in [1.82, 2.24) is 0 Å². The molecule has 0 saturated heterocycles. The highest BCUT2D eigenvalue weighted by atomic mass is 32.4. The minimum absolute atomic E-state index is 0.996. The summed E-state index contributed by atoms with van der Waals surface area (Å²) in [4.78, 5) is 5.88. The fourth-order valence-corrected chi connectivity index (χ4v) is 5.25. The summed E-state index contributed by atoms with van der Waals surface area (Å²) in [6.45, 7) is 7.09. The largest absolute Gasteiger partial charge is 0.256 e. The normalized spacial score (nSPS) is 11.9. The number of hydrogen-bond donors (Lipinski definition) is 0. The maximum Gasteiger partial charge on any atom is 0.114 e. The monoisotopic (exact) mass is 285 g/mol. The van der Waals surface area contributed by atoms with Gasteiger partial charge in [-0.25, -0.2) is 0 Å². The fourth-order valence-electron chi connectivity index (χ4n) is 1.67. The van der Waals surface area contributed by atoms with Gasteiger partial charge in [-0.1, -0.05) is 56.0 Å². The molecule has 0 saturated carbocycles. The van der Waals surface area contributed by atoms with E-state index in [0.29, 0.717) is 0 Å². The minimum Gasteiger partial charge on any atom is -0.256 e. The lowest BCUT2D eigenvalue weighted by atomic mass is 10.2. The first-order valence-corrected chi connectivity index (χ1v) is 11.5. The molecule has 0 aromatic heterocycles. The maximum absolute atomic E-state index is 4.54. The number of hydrogen-bond acceptors (Lipinski definition) is 2. The van der Waals surface area contributed by atoms with Crippen LogP contribution < -0.4 is 0 Å². The van der Waals surface area contributed by atoms with E-state index < -0.39 is 7.22 Å². The molecule has 2 aromatic rings. The first-order chi connectivity index (χ1) is 9.04. The van der Waals surface area contributed by atoms with Gasteiger partial charge in [-0.15, -0.1) is 0 Å². The quantitative estimate of drug-likeness (QED) is 0.544. The number of rotatable bonds is 4. The van der Waals surface area contributed by atoms with Crippen LogP contribution in [-0.2, 0) is 0 Å². The van der Waals surface area contributed by atoms with Crippen molar-refractivity contribution in [3.05, 3.63) is 60.2 Å². The van der Waals surface area contributed by atoms with E-state index in [-0.39, 0.29) is 0 Å². The van der Waals surface area contributed by atoms with Crippen molar-refractivity contribution < 1.29 is 0 Å². The molecule has 0 spiro atoms. The van der Waals surface area contributed by atoms with E-state index in [0.717, 1.165) is 5.69 Å². The third kappa shape index (κ3) is 4.69. The summed E-state index contributed by atoms with van der Waals surface area (Å²) in [5.74, 6) is 0. The molecule has 0 heterocycles. The van der Waals surface area contributed by atoms with Crippen molar-refractivity contribution in [3.63, 3.8) is 0 Å².